The zero-order valence-electron chi connectivity index (χ0n) is 13.0. The number of amides is 3. The van der Waals surface area contributed by atoms with Gasteiger partial charge in [-0.2, -0.15) is 0 Å². The molecular formula is C15H13N3O6S. The van der Waals surface area contributed by atoms with E-state index >= 15 is 0 Å². The molecule has 25 heavy (non-hydrogen) atoms. The van der Waals surface area contributed by atoms with Crippen LogP contribution in [0.4, 0.5) is 15.5 Å². The SMILES string of the molecule is CCOC(=O)NC(=O)c1ccsc1NC(=O)c1ccc([N+](=O)[O-])cc1. The second-order valence-electron chi connectivity index (χ2n) is 4.60. The van der Waals surface area contributed by atoms with E-state index in [9.17, 15) is 24.5 Å². The number of rotatable bonds is 5. The molecule has 2 N–H and O–H groups in total. The van der Waals surface area contributed by atoms with Gasteiger partial charge in [-0.1, -0.05) is 0 Å². The number of thiophene rings is 1. The number of nitro groups is 1. The lowest BCUT2D eigenvalue weighted by atomic mass is 10.2. The monoisotopic (exact) mass is 363 g/mol. The first kappa shape index (κ1) is 18.1. The molecule has 0 aliphatic carbocycles. The van der Waals surface area contributed by atoms with Crippen molar-refractivity contribution in [1.82, 2.24) is 5.32 Å². The summed E-state index contributed by atoms with van der Waals surface area (Å²) < 4.78 is 4.62. The first-order valence-electron chi connectivity index (χ1n) is 7.03. The quantitative estimate of drug-likeness (QED) is 0.621. The van der Waals surface area contributed by atoms with Gasteiger partial charge in [-0.15, -0.1) is 11.3 Å². The van der Waals surface area contributed by atoms with Gasteiger partial charge in [0.2, 0.25) is 0 Å². The summed E-state index contributed by atoms with van der Waals surface area (Å²) in [5, 5.41) is 17.0. The van der Waals surface area contributed by atoms with E-state index < -0.39 is 22.8 Å². The first-order valence-corrected chi connectivity index (χ1v) is 7.91. The lowest BCUT2D eigenvalue weighted by Crippen LogP contribution is -2.31. The summed E-state index contributed by atoms with van der Waals surface area (Å²) in [5.41, 5.74) is 0.159. The van der Waals surface area contributed by atoms with E-state index in [0.717, 1.165) is 11.3 Å². The molecular weight excluding hydrogens is 350 g/mol. The minimum Gasteiger partial charge on any atom is -0.450 e. The van der Waals surface area contributed by atoms with Crippen LogP contribution in [0.2, 0.25) is 0 Å². The third-order valence-electron chi connectivity index (χ3n) is 2.97. The van der Waals surface area contributed by atoms with Crippen molar-refractivity contribution < 1.29 is 24.0 Å². The summed E-state index contributed by atoms with van der Waals surface area (Å²) in [5.74, 6) is -1.25. The molecule has 1 aromatic carbocycles. The topological polar surface area (TPSA) is 128 Å². The van der Waals surface area contributed by atoms with Gasteiger partial charge >= 0.3 is 6.09 Å². The molecule has 0 saturated heterocycles. The number of hydrogen-bond acceptors (Lipinski definition) is 7. The highest BCUT2D eigenvalue weighted by molar-refractivity contribution is 7.14. The Morgan fingerprint density at radius 3 is 2.44 bits per heavy atom. The van der Waals surface area contributed by atoms with E-state index in [1.165, 1.54) is 30.3 Å². The normalized spacial score (nSPS) is 9.96. The van der Waals surface area contributed by atoms with Crippen LogP contribution in [0.15, 0.2) is 35.7 Å². The number of hydrogen-bond donors (Lipinski definition) is 2. The van der Waals surface area contributed by atoms with Crippen molar-refractivity contribution in [2.75, 3.05) is 11.9 Å². The molecule has 1 aromatic heterocycles. The molecule has 0 saturated carbocycles. The Hall–Kier alpha value is -3.27. The average Bonchev–Trinajstić information content (AvgIpc) is 3.03. The second-order valence-corrected chi connectivity index (χ2v) is 5.51. The van der Waals surface area contributed by atoms with Crippen LogP contribution >= 0.6 is 11.3 Å². The molecule has 2 rings (SSSR count). The van der Waals surface area contributed by atoms with Crippen LogP contribution in [0.3, 0.4) is 0 Å². The van der Waals surface area contributed by atoms with Crippen LogP contribution in [0.25, 0.3) is 0 Å². The summed E-state index contributed by atoms with van der Waals surface area (Å²) in [6.07, 6.45) is -0.883. The Morgan fingerprint density at radius 1 is 1.16 bits per heavy atom. The molecule has 1 heterocycles. The van der Waals surface area contributed by atoms with Crippen LogP contribution in [-0.4, -0.2) is 29.4 Å². The molecule has 3 amide bonds. The molecule has 0 atom stereocenters. The Kier molecular flexibility index (Phi) is 5.79. The maximum atomic E-state index is 12.2. The van der Waals surface area contributed by atoms with Crippen molar-refractivity contribution in [2.24, 2.45) is 0 Å². The molecule has 9 nitrogen and oxygen atoms in total. The average molecular weight is 363 g/mol. The van der Waals surface area contributed by atoms with E-state index in [1.54, 1.807) is 12.3 Å². The van der Waals surface area contributed by atoms with Gasteiger partial charge in [-0.25, -0.2) is 4.79 Å². The minimum atomic E-state index is -0.883. The van der Waals surface area contributed by atoms with Gasteiger partial charge < -0.3 is 10.1 Å². The zero-order chi connectivity index (χ0) is 18.4. The van der Waals surface area contributed by atoms with E-state index in [4.69, 9.17) is 0 Å². The lowest BCUT2D eigenvalue weighted by molar-refractivity contribution is -0.384. The molecule has 2 aromatic rings. The summed E-state index contributed by atoms with van der Waals surface area (Å²) >= 11 is 1.10. The number of imide groups is 1. The zero-order valence-corrected chi connectivity index (χ0v) is 13.8. The van der Waals surface area contributed by atoms with Crippen molar-refractivity contribution in [3.8, 4) is 0 Å². The molecule has 0 radical (unpaired) electrons. The number of benzene rings is 1. The van der Waals surface area contributed by atoms with Crippen LogP contribution in [-0.2, 0) is 4.74 Å². The third-order valence-corrected chi connectivity index (χ3v) is 3.80. The van der Waals surface area contributed by atoms with Crippen molar-refractivity contribution in [2.45, 2.75) is 6.92 Å². The highest BCUT2D eigenvalue weighted by Crippen LogP contribution is 2.24. The van der Waals surface area contributed by atoms with E-state index in [2.05, 4.69) is 10.1 Å². The number of nitro benzene ring substituents is 1. The molecule has 0 unspecified atom stereocenters. The van der Waals surface area contributed by atoms with Crippen LogP contribution in [0.1, 0.15) is 27.6 Å². The number of nitrogens with one attached hydrogen (secondary N) is 2. The van der Waals surface area contributed by atoms with E-state index in [1.807, 2.05) is 5.32 Å². The molecule has 0 fully saturated rings. The molecule has 0 bridgehead atoms. The highest BCUT2D eigenvalue weighted by Gasteiger charge is 2.18. The number of carbonyl (C=O) groups is 3. The van der Waals surface area contributed by atoms with E-state index in [0.29, 0.717) is 0 Å². The van der Waals surface area contributed by atoms with Gasteiger partial charge in [0.05, 0.1) is 17.1 Å². The number of carbonyl (C=O) groups excluding carboxylic acids is 3. The summed E-state index contributed by atoms with van der Waals surface area (Å²) in [7, 11) is 0. The number of nitrogens with zero attached hydrogens (tertiary/aromatic N) is 1. The largest absolute Gasteiger partial charge is 0.450 e. The maximum Gasteiger partial charge on any atom is 0.414 e. The Morgan fingerprint density at radius 2 is 1.84 bits per heavy atom. The van der Waals surface area contributed by atoms with Gasteiger partial charge in [-0.05, 0) is 30.5 Å². The van der Waals surface area contributed by atoms with Gasteiger partial charge in [-0.3, -0.25) is 25.0 Å². The van der Waals surface area contributed by atoms with Crippen LogP contribution in [0, 0.1) is 10.1 Å². The smallest absolute Gasteiger partial charge is 0.414 e. The van der Waals surface area contributed by atoms with Crippen molar-refractivity contribution in [3.63, 3.8) is 0 Å². The molecule has 130 valence electrons. The standard InChI is InChI=1S/C15H13N3O6S/c1-2-24-15(21)17-13(20)11-7-8-25-14(11)16-12(19)9-3-5-10(6-4-9)18(22)23/h3-8H,2H2,1H3,(H,16,19)(H,17,20,21). The van der Waals surface area contributed by atoms with Gasteiger partial charge in [0.25, 0.3) is 17.5 Å². The van der Waals surface area contributed by atoms with Gasteiger partial charge in [0.1, 0.15) is 5.00 Å². The third kappa shape index (κ3) is 4.61. The van der Waals surface area contributed by atoms with Crippen molar-refractivity contribution in [1.29, 1.82) is 0 Å². The van der Waals surface area contributed by atoms with Crippen molar-refractivity contribution in [3.05, 3.63) is 57.0 Å². The fourth-order valence-corrected chi connectivity index (χ4v) is 2.60. The van der Waals surface area contributed by atoms with Crippen molar-refractivity contribution >= 4 is 39.9 Å². The number of ether oxygens (including phenoxy) is 1. The molecule has 0 aliphatic heterocycles. The summed E-state index contributed by atoms with van der Waals surface area (Å²) in [4.78, 5) is 45.6. The highest BCUT2D eigenvalue weighted by atomic mass is 32.1. The van der Waals surface area contributed by atoms with Crippen LogP contribution in [0.5, 0.6) is 0 Å². The predicted molar refractivity (Wildman–Crippen MR) is 89.9 cm³/mol. The molecule has 0 spiro atoms. The fraction of sp³-hybridized carbons (Fsp3) is 0.133. The van der Waals surface area contributed by atoms with Gasteiger partial charge in [0, 0.05) is 17.7 Å². The van der Waals surface area contributed by atoms with Gasteiger partial charge in [0.15, 0.2) is 0 Å². The van der Waals surface area contributed by atoms with Crippen LogP contribution < -0.4 is 10.6 Å². The first-order chi connectivity index (χ1) is 11.9. The molecule has 10 heteroatoms. The number of anilines is 1. The maximum absolute atomic E-state index is 12.2. The Bertz CT molecular complexity index is 815. The summed E-state index contributed by atoms with van der Waals surface area (Å²) in [6.45, 7) is 1.72. The number of alkyl carbamates (subject to hydrolysis) is 1. The summed E-state index contributed by atoms with van der Waals surface area (Å²) in [6, 6.07) is 6.47. The number of non-ortho nitro benzene ring substituents is 1. The second kappa shape index (κ2) is 8.02. The molecule has 0 aliphatic rings. The Labute approximate surface area is 145 Å². The lowest BCUT2D eigenvalue weighted by Gasteiger charge is -2.07. The minimum absolute atomic E-state index is 0.105. The Balaban J connectivity index is 2.09. The fourth-order valence-electron chi connectivity index (χ4n) is 1.82. The van der Waals surface area contributed by atoms with E-state index in [-0.39, 0.29) is 28.4 Å². The predicted octanol–water partition coefficient (Wildman–Crippen LogP) is 2.79.